The van der Waals surface area contributed by atoms with Crippen molar-refractivity contribution >= 4 is 0 Å². The first-order chi connectivity index (χ1) is 8.70. The van der Waals surface area contributed by atoms with Crippen molar-refractivity contribution in [3.63, 3.8) is 0 Å². The quantitative estimate of drug-likeness (QED) is 0.862. The number of benzene rings is 1. The fraction of sp³-hybridized carbons (Fsp3) is 0.600. The van der Waals surface area contributed by atoms with E-state index in [4.69, 9.17) is 5.73 Å². The van der Waals surface area contributed by atoms with Gasteiger partial charge in [-0.25, -0.2) is 4.39 Å². The van der Waals surface area contributed by atoms with Crippen molar-refractivity contribution in [1.82, 2.24) is 5.32 Å². The SMILES string of the molecule is Cc1cc(C(CN)NC2CCCCC2)ccc1F. The van der Waals surface area contributed by atoms with Gasteiger partial charge >= 0.3 is 0 Å². The van der Waals surface area contributed by atoms with E-state index in [2.05, 4.69) is 5.32 Å². The van der Waals surface area contributed by atoms with Crippen molar-refractivity contribution in [2.45, 2.75) is 51.1 Å². The Bertz CT molecular complexity index is 386. The van der Waals surface area contributed by atoms with Gasteiger partial charge in [0.05, 0.1) is 0 Å². The fourth-order valence-corrected chi connectivity index (χ4v) is 2.74. The first-order valence-electron chi connectivity index (χ1n) is 6.93. The van der Waals surface area contributed by atoms with Crippen molar-refractivity contribution < 1.29 is 4.39 Å². The molecule has 1 aromatic carbocycles. The number of hydrogen-bond donors (Lipinski definition) is 2. The number of halogens is 1. The lowest BCUT2D eigenvalue weighted by Gasteiger charge is -2.28. The molecule has 0 aromatic heterocycles. The van der Waals surface area contributed by atoms with Crippen LogP contribution in [0, 0.1) is 12.7 Å². The van der Waals surface area contributed by atoms with Crippen LogP contribution in [0.15, 0.2) is 18.2 Å². The molecule has 18 heavy (non-hydrogen) atoms. The van der Waals surface area contributed by atoms with Crippen molar-refractivity contribution in [2.24, 2.45) is 5.73 Å². The van der Waals surface area contributed by atoms with Gasteiger partial charge in [-0.3, -0.25) is 0 Å². The summed E-state index contributed by atoms with van der Waals surface area (Å²) in [4.78, 5) is 0. The van der Waals surface area contributed by atoms with E-state index in [0.29, 0.717) is 18.2 Å². The van der Waals surface area contributed by atoms with Crippen molar-refractivity contribution in [2.75, 3.05) is 6.54 Å². The third-order valence-electron chi connectivity index (χ3n) is 3.86. The summed E-state index contributed by atoms with van der Waals surface area (Å²) >= 11 is 0. The second-order valence-electron chi connectivity index (χ2n) is 5.30. The van der Waals surface area contributed by atoms with Crippen LogP contribution in [0.25, 0.3) is 0 Å². The van der Waals surface area contributed by atoms with Crippen LogP contribution in [0.1, 0.15) is 49.3 Å². The Kier molecular flexibility index (Phi) is 4.72. The number of rotatable bonds is 4. The summed E-state index contributed by atoms with van der Waals surface area (Å²) in [6.45, 7) is 2.36. The van der Waals surface area contributed by atoms with Crippen molar-refractivity contribution in [1.29, 1.82) is 0 Å². The van der Waals surface area contributed by atoms with Gasteiger partial charge in [-0.15, -0.1) is 0 Å². The first-order valence-corrected chi connectivity index (χ1v) is 6.93. The molecule has 1 aromatic rings. The maximum atomic E-state index is 13.3. The highest BCUT2D eigenvalue weighted by atomic mass is 19.1. The number of hydrogen-bond acceptors (Lipinski definition) is 2. The largest absolute Gasteiger partial charge is 0.329 e. The third kappa shape index (κ3) is 3.30. The summed E-state index contributed by atoms with van der Waals surface area (Å²) in [5.74, 6) is -0.146. The van der Waals surface area contributed by atoms with Crippen LogP contribution < -0.4 is 11.1 Å². The molecule has 0 saturated heterocycles. The normalized spacial score (nSPS) is 18.8. The molecule has 0 radical (unpaired) electrons. The molecule has 1 unspecified atom stereocenters. The number of aryl methyl sites for hydroxylation is 1. The van der Waals surface area contributed by atoms with Gasteiger partial charge < -0.3 is 11.1 Å². The highest BCUT2D eigenvalue weighted by molar-refractivity contribution is 5.26. The van der Waals surface area contributed by atoms with Gasteiger partial charge in [-0.2, -0.15) is 0 Å². The van der Waals surface area contributed by atoms with Crippen LogP contribution in [0.2, 0.25) is 0 Å². The Labute approximate surface area is 109 Å². The van der Waals surface area contributed by atoms with E-state index in [1.165, 1.54) is 38.2 Å². The summed E-state index contributed by atoms with van der Waals surface area (Å²) in [6, 6.07) is 6.00. The minimum absolute atomic E-state index is 0.146. The Morgan fingerprint density at radius 3 is 2.67 bits per heavy atom. The van der Waals surface area contributed by atoms with E-state index < -0.39 is 0 Å². The maximum absolute atomic E-state index is 13.3. The summed E-state index contributed by atoms with van der Waals surface area (Å²) in [5.41, 5.74) is 7.64. The van der Waals surface area contributed by atoms with Gasteiger partial charge in [0.1, 0.15) is 5.82 Å². The third-order valence-corrected chi connectivity index (χ3v) is 3.86. The van der Waals surface area contributed by atoms with Gasteiger partial charge in [0.15, 0.2) is 0 Å². The summed E-state index contributed by atoms with van der Waals surface area (Å²) < 4.78 is 13.3. The molecule has 3 heteroatoms. The van der Waals surface area contributed by atoms with Crippen LogP contribution in [-0.2, 0) is 0 Å². The van der Waals surface area contributed by atoms with Crippen LogP contribution in [0.3, 0.4) is 0 Å². The monoisotopic (exact) mass is 250 g/mol. The van der Waals surface area contributed by atoms with E-state index in [9.17, 15) is 4.39 Å². The van der Waals surface area contributed by atoms with Gasteiger partial charge in [-0.05, 0) is 37.0 Å². The van der Waals surface area contributed by atoms with Crippen molar-refractivity contribution in [3.05, 3.63) is 35.1 Å². The number of nitrogens with two attached hydrogens (primary N) is 1. The Hall–Kier alpha value is -0.930. The summed E-state index contributed by atoms with van der Waals surface area (Å²) in [5, 5.41) is 3.62. The highest BCUT2D eigenvalue weighted by Crippen LogP contribution is 2.22. The maximum Gasteiger partial charge on any atom is 0.126 e. The zero-order chi connectivity index (χ0) is 13.0. The highest BCUT2D eigenvalue weighted by Gasteiger charge is 2.18. The average Bonchev–Trinajstić information content (AvgIpc) is 2.40. The zero-order valence-electron chi connectivity index (χ0n) is 11.1. The standard InChI is InChI=1S/C15H23FN2/c1-11-9-12(7-8-14(11)16)15(10-17)18-13-5-3-2-4-6-13/h7-9,13,15,18H,2-6,10,17H2,1H3. The van der Waals surface area contributed by atoms with Gasteiger partial charge in [-0.1, -0.05) is 31.4 Å². The van der Waals surface area contributed by atoms with E-state index in [-0.39, 0.29) is 11.9 Å². The van der Waals surface area contributed by atoms with Crippen LogP contribution in [0.5, 0.6) is 0 Å². The Morgan fingerprint density at radius 1 is 1.33 bits per heavy atom. The lowest BCUT2D eigenvalue weighted by atomic mass is 9.93. The molecule has 0 aliphatic heterocycles. The second kappa shape index (κ2) is 6.30. The minimum Gasteiger partial charge on any atom is -0.329 e. The molecule has 1 atom stereocenters. The van der Waals surface area contributed by atoms with Crippen LogP contribution in [0.4, 0.5) is 4.39 Å². The number of nitrogens with one attached hydrogen (secondary N) is 1. The van der Waals surface area contributed by atoms with E-state index in [1.807, 2.05) is 12.1 Å². The summed E-state index contributed by atoms with van der Waals surface area (Å²) in [6.07, 6.45) is 6.42. The minimum atomic E-state index is -0.146. The van der Waals surface area contributed by atoms with Crippen LogP contribution in [-0.4, -0.2) is 12.6 Å². The molecule has 100 valence electrons. The predicted octanol–water partition coefficient (Wildman–Crippen LogP) is 3.06. The van der Waals surface area contributed by atoms with E-state index in [0.717, 1.165) is 5.56 Å². The molecule has 0 amide bonds. The Morgan fingerprint density at radius 2 is 2.06 bits per heavy atom. The molecule has 0 bridgehead atoms. The zero-order valence-corrected chi connectivity index (χ0v) is 11.1. The Balaban J connectivity index is 2.04. The first kappa shape index (κ1) is 13.5. The van der Waals surface area contributed by atoms with E-state index >= 15 is 0 Å². The van der Waals surface area contributed by atoms with Gasteiger partial charge in [0.25, 0.3) is 0 Å². The molecule has 1 aliphatic rings. The van der Waals surface area contributed by atoms with Gasteiger partial charge in [0.2, 0.25) is 0 Å². The molecule has 0 spiro atoms. The molecule has 1 aliphatic carbocycles. The molecular formula is C15H23FN2. The molecule has 2 rings (SSSR count). The lowest BCUT2D eigenvalue weighted by Crippen LogP contribution is -2.37. The van der Waals surface area contributed by atoms with E-state index in [1.54, 1.807) is 6.92 Å². The fourth-order valence-electron chi connectivity index (χ4n) is 2.74. The smallest absolute Gasteiger partial charge is 0.126 e. The van der Waals surface area contributed by atoms with Crippen LogP contribution >= 0.6 is 0 Å². The molecular weight excluding hydrogens is 227 g/mol. The molecule has 3 N–H and O–H groups in total. The van der Waals surface area contributed by atoms with Crippen molar-refractivity contribution in [3.8, 4) is 0 Å². The molecule has 0 heterocycles. The second-order valence-corrected chi connectivity index (χ2v) is 5.30. The topological polar surface area (TPSA) is 38.0 Å². The molecule has 2 nitrogen and oxygen atoms in total. The molecule has 1 saturated carbocycles. The average molecular weight is 250 g/mol. The molecule has 1 fully saturated rings. The summed E-state index contributed by atoms with van der Waals surface area (Å²) in [7, 11) is 0. The predicted molar refractivity (Wildman–Crippen MR) is 72.9 cm³/mol. The lowest BCUT2D eigenvalue weighted by molar-refractivity contribution is 0.340. The van der Waals surface area contributed by atoms with Gasteiger partial charge in [0, 0.05) is 18.6 Å².